The molecule has 31 heavy (non-hydrogen) atoms. The van der Waals surface area contributed by atoms with Crippen molar-refractivity contribution in [3.63, 3.8) is 0 Å². The molecule has 0 aliphatic rings. The zero-order valence-electron chi connectivity index (χ0n) is 16.1. The maximum absolute atomic E-state index is 13.6. The largest absolute Gasteiger partial charge is 0.461 e. The van der Waals surface area contributed by atoms with E-state index in [-0.39, 0.29) is 27.0 Å². The van der Waals surface area contributed by atoms with E-state index < -0.39 is 15.6 Å². The summed E-state index contributed by atoms with van der Waals surface area (Å²) in [7, 11) is -4.11. The second-order valence-corrected chi connectivity index (χ2v) is 8.76. The molecule has 0 saturated heterocycles. The standard InChI is InChI=1S/C24H15NO5S/c26-22(20-11-6-14-29-20)21-24(31(27,28)19-9-2-1-3-10-19)23(30-25-21)18-13-12-16-7-4-5-8-17(16)15-18/h1-15H. The maximum Gasteiger partial charge on any atom is 0.251 e. The van der Waals surface area contributed by atoms with Gasteiger partial charge >= 0.3 is 0 Å². The van der Waals surface area contributed by atoms with Gasteiger partial charge in [-0.3, -0.25) is 4.79 Å². The predicted octanol–water partition coefficient (Wildman–Crippen LogP) is 5.15. The summed E-state index contributed by atoms with van der Waals surface area (Å²) < 4.78 is 37.8. The van der Waals surface area contributed by atoms with Crippen molar-refractivity contribution in [1.29, 1.82) is 0 Å². The summed E-state index contributed by atoms with van der Waals surface area (Å²) in [6.07, 6.45) is 1.34. The minimum atomic E-state index is -4.11. The second-order valence-electron chi connectivity index (χ2n) is 6.87. The number of ketones is 1. The Morgan fingerprint density at radius 2 is 1.55 bits per heavy atom. The third-order valence-corrected chi connectivity index (χ3v) is 6.75. The van der Waals surface area contributed by atoms with E-state index in [0.29, 0.717) is 5.56 Å². The van der Waals surface area contributed by atoms with E-state index >= 15 is 0 Å². The average molecular weight is 429 g/mol. The molecular formula is C24H15NO5S. The number of sulfone groups is 1. The molecule has 0 aliphatic heterocycles. The lowest BCUT2D eigenvalue weighted by molar-refractivity contribution is 0.0998. The number of benzene rings is 3. The van der Waals surface area contributed by atoms with Crippen LogP contribution < -0.4 is 0 Å². The van der Waals surface area contributed by atoms with Gasteiger partial charge in [0.05, 0.1) is 11.2 Å². The molecule has 3 aromatic carbocycles. The summed E-state index contributed by atoms with van der Waals surface area (Å²) in [5, 5.41) is 5.75. The normalized spacial score (nSPS) is 11.6. The van der Waals surface area contributed by atoms with E-state index in [9.17, 15) is 13.2 Å². The number of nitrogens with zero attached hydrogens (tertiary/aromatic N) is 1. The van der Waals surface area contributed by atoms with Crippen molar-refractivity contribution >= 4 is 26.4 Å². The zero-order valence-corrected chi connectivity index (χ0v) is 16.9. The van der Waals surface area contributed by atoms with Crippen LogP contribution >= 0.6 is 0 Å². The van der Waals surface area contributed by atoms with Crippen molar-refractivity contribution in [2.45, 2.75) is 9.79 Å². The molecule has 7 heteroatoms. The molecule has 0 radical (unpaired) electrons. The Morgan fingerprint density at radius 1 is 0.806 bits per heavy atom. The number of hydrogen-bond donors (Lipinski definition) is 0. The van der Waals surface area contributed by atoms with Crippen LogP contribution in [0.1, 0.15) is 16.2 Å². The number of carbonyl (C=O) groups is 1. The molecule has 0 fully saturated rings. The first-order chi connectivity index (χ1) is 15.1. The zero-order chi connectivity index (χ0) is 21.4. The van der Waals surface area contributed by atoms with Crippen LogP contribution in [0.3, 0.4) is 0 Å². The highest BCUT2D eigenvalue weighted by Gasteiger charge is 2.35. The number of carbonyl (C=O) groups excluding carboxylic acids is 1. The smallest absolute Gasteiger partial charge is 0.251 e. The molecule has 0 saturated carbocycles. The number of hydrogen-bond acceptors (Lipinski definition) is 6. The van der Waals surface area contributed by atoms with Crippen molar-refractivity contribution in [3.8, 4) is 11.3 Å². The number of aromatic nitrogens is 1. The van der Waals surface area contributed by atoms with E-state index in [4.69, 9.17) is 8.94 Å². The van der Waals surface area contributed by atoms with Crippen LogP contribution in [0.4, 0.5) is 0 Å². The fraction of sp³-hybridized carbons (Fsp3) is 0. The van der Waals surface area contributed by atoms with Gasteiger partial charge in [-0.2, -0.15) is 0 Å². The van der Waals surface area contributed by atoms with Crippen LogP contribution in [0.5, 0.6) is 0 Å². The highest BCUT2D eigenvalue weighted by atomic mass is 32.2. The van der Waals surface area contributed by atoms with E-state index in [0.717, 1.165) is 10.8 Å². The van der Waals surface area contributed by atoms with E-state index in [1.54, 1.807) is 36.4 Å². The predicted molar refractivity (Wildman–Crippen MR) is 113 cm³/mol. The first-order valence-corrected chi connectivity index (χ1v) is 10.9. The Bertz CT molecular complexity index is 1500. The molecule has 0 amide bonds. The molecule has 6 nitrogen and oxygen atoms in total. The molecule has 2 aromatic heterocycles. The highest BCUT2D eigenvalue weighted by Crippen LogP contribution is 2.36. The van der Waals surface area contributed by atoms with Gasteiger partial charge in [0.1, 0.15) is 0 Å². The van der Waals surface area contributed by atoms with Crippen molar-refractivity contribution < 1.29 is 22.2 Å². The molecule has 0 unspecified atom stereocenters. The molecule has 152 valence electrons. The summed E-state index contributed by atoms with van der Waals surface area (Å²) in [6, 6.07) is 24.0. The maximum atomic E-state index is 13.6. The van der Waals surface area contributed by atoms with Crippen molar-refractivity contribution in [2.24, 2.45) is 0 Å². The molecule has 0 aliphatic carbocycles. The van der Waals surface area contributed by atoms with Crippen LogP contribution in [-0.2, 0) is 9.84 Å². The van der Waals surface area contributed by atoms with Gasteiger partial charge in [0.25, 0.3) is 5.78 Å². The molecule has 5 rings (SSSR count). The van der Waals surface area contributed by atoms with Crippen LogP contribution in [0.25, 0.3) is 22.1 Å². The first-order valence-electron chi connectivity index (χ1n) is 9.43. The lowest BCUT2D eigenvalue weighted by Gasteiger charge is -2.07. The van der Waals surface area contributed by atoms with E-state index in [1.807, 2.05) is 30.3 Å². The highest BCUT2D eigenvalue weighted by molar-refractivity contribution is 7.91. The Balaban J connectivity index is 1.76. The molecule has 0 bridgehead atoms. The summed E-state index contributed by atoms with van der Waals surface area (Å²) in [4.78, 5) is 12.7. The Hall–Kier alpha value is -3.97. The van der Waals surface area contributed by atoms with Crippen molar-refractivity contribution in [2.75, 3.05) is 0 Å². The summed E-state index contributed by atoms with van der Waals surface area (Å²) in [5.41, 5.74) is 0.182. The minimum absolute atomic E-state index is 0.00418. The molecule has 0 atom stereocenters. The number of fused-ring (bicyclic) bond motifs is 1. The van der Waals surface area contributed by atoms with Crippen LogP contribution in [0, 0.1) is 0 Å². The topological polar surface area (TPSA) is 90.4 Å². The van der Waals surface area contributed by atoms with Crippen LogP contribution in [0.15, 0.2) is 110 Å². The fourth-order valence-corrected chi connectivity index (χ4v) is 4.97. The van der Waals surface area contributed by atoms with E-state index in [1.165, 1.54) is 24.5 Å². The van der Waals surface area contributed by atoms with Gasteiger partial charge in [-0.15, -0.1) is 0 Å². The first kappa shape index (κ1) is 19.0. The minimum Gasteiger partial charge on any atom is -0.461 e. The van der Waals surface area contributed by atoms with Gasteiger partial charge in [0.15, 0.2) is 22.1 Å². The Kier molecular flexibility index (Phi) is 4.52. The summed E-state index contributed by atoms with van der Waals surface area (Å²) >= 11 is 0. The van der Waals surface area contributed by atoms with Gasteiger partial charge in [-0.05, 0) is 41.1 Å². The number of furan rings is 1. The molecule has 0 N–H and O–H groups in total. The molecule has 2 heterocycles. The average Bonchev–Trinajstić information content (AvgIpc) is 3.50. The summed E-state index contributed by atoms with van der Waals surface area (Å²) in [5.74, 6) is -0.692. The van der Waals surface area contributed by atoms with Crippen molar-refractivity contribution in [1.82, 2.24) is 5.16 Å². The third-order valence-electron chi connectivity index (χ3n) is 4.94. The van der Waals surface area contributed by atoms with Crippen molar-refractivity contribution in [3.05, 3.63) is 103 Å². The lowest BCUT2D eigenvalue weighted by atomic mass is 10.0. The second kappa shape index (κ2) is 7.37. The van der Waals surface area contributed by atoms with Gasteiger partial charge < -0.3 is 8.94 Å². The fourth-order valence-electron chi connectivity index (χ4n) is 3.43. The van der Waals surface area contributed by atoms with Gasteiger partial charge in [0.2, 0.25) is 9.84 Å². The summed E-state index contributed by atoms with van der Waals surface area (Å²) in [6.45, 7) is 0. The number of rotatable bonds is 5. The monoisotopic (exact) mass is 429 g/mol. The molecular weight excluding hydrogens is 414 g/mol. The Morgan fingerprint density at radius 3 is 2.29 bits per heavy atom. The molecule has 0 spiro atoms. The van der Waals surface area contributed by atoms with Gasteiger partial charge in [0, 0.05) is 5.56 Å². The quantitative estimate of drug-likeness (QED) is 0.359. The Labute approximate surface area is 177 Å². The van der Waals surface area contributed by atoms with Crippen LogP contribution in [-0.4, -0.2) is 19.4 Å². The molecule has 5 aromatic rings. The van der Waals surface area contributed by atoms with E-state index in [2.05, 4.69) is 5.16 Å². The lowest BCUT2D eigenvalue weighted by Crippen LogP contribution is -2.10. The van der Waals surface area contributed by atoms with Crippen LogP contribution in [0.2, 0.25) is 0 Å². The van der Waals surface area contributed by atoms with Gasteiger partial charge in [-0.1, -0.05) is 59.8 Å². The van der Waals surface area contributed by atoms with Gasteiger partial charge in [-0.25, -0.2) is 8.42 Å². The third kappa shape index (κ3) is 3.25. The SMILES string of the molecule is O=C(c1ccco1)c1noc(-c2ccc3ccccc3c2)c1S(=O)(=O)c1ccccc1.